The predicted molar refractivity (Wildman–Crippen MR) is 118 cm³/mol. The van der Waals surface area contributed by atoms with Crippen molar-refractivity contribution in [2.75, 3.05) is 16.8 Å². The molecule has 2 aromatic carbocycles. The normalized spacial score (nSPS) is 30.0. The smallest absolute Gasteiger partial charge is 0.271 e. The zero-order chi connectivity index (χ0) is 23.1. The number of benzene rings is 2. The molecule has 1 N–H and O–H groups in total. The Bertz CT molecular complexity index is 1260. The van der Waals surface area contributed by atoms with Crippen LogP contribution in [0.3, 0.4) is 0 Å². The van der Waals surface area contributed by atoms with Crippen LogP contribution in [0.1, 0.15) is 30.9 Å². The van der Waals surface area contributed by atoms with Gasteiger partial charge in [0, 0.05) is 29.4 Å². The van der Waals surface area contributed by atoms with Crippen molar-refractivity contribution in [3.05, 3.63) is 63.7 Å². The number of hydrogen-bond donors (Lipinski definition) is 1. The summed E-state index contributed by atoms with van der Waals surface area (Å²) in [6, 6.07) is 11.2. The number of anilines is 2. The van der Waals surface area contributed by atoms with Gasteiger partial charge < -0.3 is 5.32 Å². The van der Waals surface area contributed by atoms with Crippen LogP contribution in [-0.2, 0) is 26.3 Å². The Labute approximate surface area is 189 Å². The minimum absolute atomic E-state index is 0.175. The third kappa shape index (κ3) is 2.37. The Kier molecular flexibility index (Phi) is 4.08. The van der Waals surface area contributed by atoms with E-state index >= 15 is 0 Å². The van der Waals surface area contributed by atoms with Crippen molar-refractivity contribution in [1.29, 1.82) is 0 Å². The van der Waals surface area contributed by atoms with Gasteiger partial charge in [0.25, 0.3) is 5.69 Å². The summed E-state index contributed by atoms with van der Waals surface area (Å²) in [6.45, 7) is 2.67. The van der Waals surface area contributed by atoms with E-state index in [2.05, 4.69) is 10.2 Å². The number of carbonyl (C=O) groups is 3. The summed E-state index contributed by atoms with van der Waals surface area (Å²) in [5.41, 5.74) is 1.23. The highest BCUT2D eigenvalue weighted by molar-refractivity contribution is 6.26. The molecule has 4 heterocycles. The second kappa shape index (κ2) is 6.71. The lowest BCUT2D eigenvalue weighted by Gasteiger charge is -2.36. The maximum absolute atomic E-state index is 13.9. The summed E-state index contributed by atoms with van der Waals surface area (Å²) in [4.78, 5) is 55.1. The molecule has 4 atom stereocenters. The lowest BCUT2D eigenvalue weighted by atomic mass is 9.75. The van der Waals surface area contributed by atoms with Gasteiger partial charge in [0.15, 0.2) is 0 Å². The molecule has 2 aromatic rings. The van der Waals surface area contributed by atoms with Crippen LogP contribution < -0.4 is 10.2 Å². The number of nitrogens with one attached hydrogen (secondary N) is 1. The molecule has 3 saturated heterocycles. The highest BCUT2D eigenvalue weighted by Gasteiger charge is 2.74. The molecule has 3 amide bonds. The van der Waals surface area contributed by atoms with Crippen LogP contribution >= 0.6 is 0 Å². The zero-order valence-electron chi connectivity index (χ0n) is 18.0. The van der Waals surface area contributed by atoms with Gasteiger partial charge in [-0.3, -0.25) is 29.4 Å². The van der Waals surface area contributed by atoms with Gasteiger partial charge in [-0.25, -0.2) is 4.90 Å². The van der Waals surface area contributed by atoms with Crippen LogP contribution in [0, 0.1) is 22.0 Å². The Balaban J connectivity index is 1.54. The number of rotatable bonds is 3. The lowest BCUT2D eigenvalue weighted by Crippen LogP contribution is -2.54. The van der Waals surface area contributed by atoms with Gasteiger partial charge in [-0.05, 0) is 43.5 Å². The Morgan fingerprint density at radius 2 is 1.97 bits per heavy atom. The third-order valence-electron chi connectivity index (χ3n) is 7.76. The molecule has 9 heteroatoms. The number of nitrogens with zero attached hydrogens (tertiary/aromatic N) is 3. The predicted octanol–water partition coefficient (Wildman–Crippen LogP) is 2.59. The molecule has 1 spiro atoms. The van der Waals surface area contributed by atoms with Crippen LogP contribution in [0.15, 0.2) is 42.5 Å². The topological polar surface area (TPSA) is 113 Å². The van der Waals surface area contributed by atoms with E-state index in [9.17, 15) is 24.5 Å². The van der Waals surface area contributed by atoms with E-state index in [0.717, 1.165) is 35.3 Å². The van der Waals surface area contributed by atoms with Crippen LogP contribution in [0.25, 0.3) is 0 Å². The number of aryl methyl sites for hydroxylation is 1. The third-order valence-corrected chi connectivity index (χ3v) is 7.76. The van der Waals surface area contributed by atoms with Gasteiger partial charge in [0.05, 0.1) is 22.4 Å². The fourth-order valence-electron chi connectivity index (χ4n) is 6.47. The number of hydrogen-bond acceptors (Lipinski definition) is 6. The Morgan fingerprint density at radius 3 is 2.73 bits per heavy atom. The average Bonchev–Trinajstić information content (AvgIpc) is 3.51. The number of carbonyl (C=O) groups excluding carboxylic acids is 3. The van der Waals surface area contributed by atoms with Crippen LogP contribution in [-0.4, -0.2) is 40.1 Å². The first-order valence-corrected chi connectivity index (χ1v) is 11.2. The van der Waals surface area contributed by atoms with Gasteiger partial charge in [-0.1, -0.05) is 25.1 Å². The number of fused-ring (bicyclic) bond motifs is 7. The van der Waals surface area contributed by atoms with Crippen LogP contribution in [0.2, 0.25) is 0 Å². The first-order valence-electron chi connectivity index (χ1n) is 11.2. The molecule has 6 rings (SSSR count). The van der Waals surface area contributed by atoms with Crippen molar-refractivity contribution in [3.63, 3.8) is 0 Å². The van der Waals surface area contributed by atoms with Gasteiger partial charge in [-0.2, -0.15) is 0 Å². The molecule has 0 radical (unpaired) electrons. The molecule has 4 aliphatic heterocycles. The van der Waals surface area contributed by atoms with Crippen LogP contribution in [0.4, 0.5) is 17.1 Å². The quantitative estimate of drug-likeness (QED) is 0.441. The van der Waals surface area contributed by atoms with Gasteiger partial charge >= 0.3 is 0 Å². The Morgan fingerprint density at radius 1 is 1.15 bits per heavy atom. The lowest BCUT2D eigenvalue weighted by molar-refractivity contribution is -0.384. The van der Waals surface area contributed by atoms with E-state index < -0.39 is 28.2 Å². The largest absolute Gasteiger partial charge is 0.324 e. The van der Waals surface area contributed by atoms with Crippen molar-refractivity contribution >= 4 is 34.8 Å². The second-order valence-corrected chi connectivity index (χ2v) is 9.15. The van der Waals surface area contributed by atoms with Gasteiger partial charge in [0.2, 0.25) is 17.7 Å². The maximum atomic E-state index is 13.9. The van der Waals surface area contributed by atoms with Gasteiger partial charge in [-0.15, -0.1) is 0 Å². The molecule has 0 unspecified atom stereocenters. The summed E-state index contributed by atoms with van der Waals surface area (Å²) in [6.07, 6.45) is 2.34. The summed E-state index contributed by atoms with van der Waals surface area (Å²) in [5, 5.41) is 14.2. The summed E-state index contributed by atoms with van der Waals surface area (Å²) in [7, 11) is 0. The molecule has 4 aliphatic rings. The molecule has 168 valence electrons. The number of amides is 3. The first kappa shape index (κ1) is 20.0. The maximum Gasteiger partial charge on any atom is 0.271 e. The molecule has 0 aromatic heterocycles. The minimum Gasteiger partial charge on any atom is -0.324 e. The molecule has 3 fully saturated rings. The highest BCUT2D eigenvalue weighted by Crippen LogP contribution is 2.60. The van der Waals surface area contributed by atoms with E-state index in [4.69, 9.17) is 0 Å². The summed E-state index contributed by atoms with van der Waals surface area (Å²) >= 11 is 0. The minimum atomic E-state index is -1.24. The van der Waals surface area contributed by atoms with Crippen molar-refractivity contribution in [2.45, 2.75) is 37.8 Å². The second-order valence-electron chi connectivity index (χ2n) is 9.15. The standard InChI is InChI=1S/C24H22N4O5/c1-2-13-8-9-17-16(11-13)24(23(31)25-17)20-19(18-7-4-10-26(18)24)21(29)27(22(20)30)14-5-3-6-15(12-14)28(32)33/h3,5-6,8-9,11-12,18-20H,2,4,7,10H2,1H3,(H,25,31)/t18-,19+,20-,24+/m0/s1. The number of imide groups is 1. The molecule has 0 bridgehead atoms. The van der Waals surface area contributed by atoms with E-state index in [1.165, 1.54) is 24.3 Å². The average molecular weight is 446 g/mol. The summed E-state index contributed by atoms with van der Waals surface area (Å²) < 4.78 is 0. The molecule has 33 heavy (non-hydrogen) atoms. The van der Waals surface area contributed by atoms with Crippen molar-refractivity contribution in [2.24, 2.45) is 11.8 Å². The molecule has 0 saturated carbocycles. The number of nitro benzene ring substituents is 1. The van der Waals surface area contributed by atoms with Gasteiger partial charge in [0.1, 0.15) is 5.54 Å². The fraction of sp³-hybridized carbons (Fsp3) is 0.375. The molecule has 9 nitrogen and oxygen atoms in total. The first-order chi connectivity index (χ1) is 15.9. The summed E-state index contributed by atoms with van der Waals surface area (Å²) in [5.74, 6) is -2.66. The fourth-order valence-corrected chi connectivity index (χ4v) is 6.47. The van der Waals surface area contributed by atoms with Crippen molar-refractivity contribution in [3.8, 4) is 0 Å². The van der Waals surface area contributed by atoms with E-state index in [1.807, 2.05) is 25.1 Å². The van der Waals surface area contributed by atoms with E-state index in [0.29, 0.717) is 12.2 Å². The monoisotopic (exact) mass is 446 g/mol. The SMILES string of the molecule is CCc1ccc2c(c1)[C@]1(C(=O)N2)[C@@H]2C(=O)N(c3cccc([N+](=O)[O-])c3)C(=O)[C@@H]2[C@@H]2CCCN21. The van der Waals surface area contributed by atoms with E-state index in [-0.39, 0.29) is 29.2 Å². The van der Waals surface area contributed by atoms with E-state index in [1.54, 1.807) is 0 Å². The van der Waals surface area contributed by atoms with Crippen molar-refractivity contribution < 1.29 is 19.3 Å². The molecular weight excluding hydrogens is 424 g/mol. The molecule has 0 aliphatic carbocycles. The highest BCUT2D eigenvalue weighted by atomic mass is 16.6. The molecular formula is C24H22N4O5. The van der Waals surface area contributed by atoms with Crippen molar-refractivity contribution in [1.82, 2.24) is 4.90 Å². The van der Waals surface area contributed by atoms with Crippen LogP contribution in [0.5, 0.6) is 0 Å². The zero-order valence-corrected chi connectivity index (χ0v) is 18.0. The number of nitro groups is 1. The Hall–Kier alpha value is -3.59. The number of non-ortho nitro benzene ring substituents is 1.